The van der Waals surface area contributed by atoms with E-state index in [1.54, 1.807) is 13.8 Å². The molecule has 7 atom stereocenters. The molecule has 3 rings (SSSR count). The molecule has 0 saturated heterocycles. The van der Waals surface area contributed by atoms with Crippen molar-refractivity contribution in [2.45, 2.75) is 140 Å². The van der Waals surface area contributed by atoms with Crippen LogP contribution < -0.4 is 0 Å². The number of halogens is 5. The first kappa shape index (κ1) is 34.2. The van der Waals surface area contributed by atoms with E-state index in [0.29, 0.717) is 38.5 Å². The number of allylic oxidation sites excluding steroid dienone is 4. The highest BCUT2D eigenvalue weighted by molar-refractivity contribution is 5.26. The van der Waals surface area contributed by atoms with Gasteiger partial charge in [-0.15, -0.1) is 0 Å². The normalized spacial score (nSPS) is 33.2. The van der Waals surface area contributed by atoms with Crippen LogP contribution in [0.5, 0.6) is 0 Å². The van der Waals surface area contributed by atoms with Crippen LogP contribution in [0.2, 0.25) is 0 Å². The summed E-state index contributed by atoms with van der Waals surface area (Å²) in [5.74, 6) is -4.06. The van der Waals surface area contributed by atoms with Gasteiger partial charge in [0.05, 0.1) is 17.8 Å². The maximum absolute atomic E-state index is 13.9. The number of rotatable bonds is 10. The van der Waals surface area contributed by atoms with Crippen LogP contribution in [0.15, 0.2) is 35.5 Å². The first-order valence-electron chi connectivity index (χ1n) is 15.1. The van der Waals surface area contributed by atoms with E-state index in [9.17, 15) is 42.4 Å². The topological polar surface area (TPSA) is 80.9 Å². The fourth-order valence-corrected chi connectivity index (χ4v) is 7.77. The minimum Gasteiger partial charge on any atom is -0.393 e. The van der Waals surface area contributed by atoms with Gasteiger partial charge in [0.2, 0.25) is 5.60 Å². The summed E-state index contributed by atoms with van der Waals surface area (Å²) in [6.45, 7) is 5.73. The summed E-state index contributed by atoms with van der Waals surface area (Å²) in [5.41, 5.74) is -2.92. The average Bonchev–Trinajstić information content (AvgIpc) is 3.16. The third-order valence-corrected chi connectivity index (χ3v) is 9.94. The average molecular weight is 593 g/mol. The fraction of sp³-hybridized carbons (Fsp3) is 0.812. The highest BCUT2D eigenvalue weighted by Gasteiger charge is 2.65. The van der Waals surface area contributed by atoms with Gasteiger partial charge >= 0.3 is 6.18 Å². The Kier molecular flexibility index (Phi) is 10.6. The lowest BCUT2D eigenvalue weighted by atomic mass is 9.60. The van der Waals surface area contributed by atoms with Gasteiger partial charge in [-0.1, -0.05) is 42.7 Å². The molecule has 3 aliphatic rings. The molecule has 0 aliphatic heterocycles. The van der Waals surface area contributed by atoms with Gasteiger partial charge in [-0.05, 0) is 114 Å². The molecule has 3 saturated carbocycles. The second kappa shape index (κ2) is 12.7. The summed E-state index contributed by atoms with van der Waals surface area (Å²) in [6, 6.07) is 0. The highest BCUT2D eigenvalue weighted by Crippen LogP contribution is 2.60. The van der Waals surface area contributed by atoms with Crippen molar-refractivity contribution in [3.05, 3.63) is 35.5 Å². The molecule has 0 aromatic heterocycles. The van der Waals surface area contributed by atoms with Gasteiger partial charge in [0.25, 0.3) is 5.92 Å². The first-order valence-corrected chi connectivity index (χ1v) is 15.1. The molecular formula is C32H49F5O4. The molecular weight excluding hydrogens is 543 g/mol. The minimum atomic E-state index is -5.52. The van der Waals surface area contributed by atoms with Gasteiger partial charge < -0.3 is 20.4 Å². The Hall–Kier alpha value is -1.29. The Balaban J connectivity index is 1.85. The summed E-state index contributed by atoms with van der Waals surface area (Å²) in [7, 11) is 0. The van der Waals surface area contributed by atoms with Crippen LogP contribution in [0, 0.1) is 23.2 Å². The monoisotopic (exact) mass is 592 g/mol. The molecule has 9 heteroatoms. The Morgan fingerprint density at radius 1 is 0.976 bits per heavy atom. The smallest absolute Gasteiger partial charge is 0.393 e. The summed E-state index contributed by atoms with van der Waals surface area (Å²) in [6.07, 6.45) is 6.91. The van der Waals surface area contributed by atoms with Crippen LogP contribution in [0.3, 0.4) is 0 Å². The lowest BCUT2D eigenvalue weighted by molar-refractivity contribution is -0.305. The number of hydrogen-bond acceptors (Lipinski definition) is 4. The minimum absolute atomic E-state index is 0.0776. The molecule has 4 N–H and O–H groups in total. The predicted molar refractivity (Wildman–Crippen MR) is 149 cm³/mol. The third kappa shape index (κ3) is 8.21. The molecule has 236 valence electrons. The number of hydrogen-bond donors (Lipinski definition) is 4. The van der Waals surface area contributed by atoms with Crippen molar-refractivity contribution in [3.63, 3.8) is 0 Å². The third-order valence-electron chi connectivity index (χ3n) is 9.94. The zero-order chi connectivity index (χ0) is 30.9. The van der Waals surface area contributed by atoms with E-state index in [4.69, 9.17) is 0 Å². The molecule has 0 bridgehead atoms. The largest absolute Gasteiger partial charge is 0.426 e. The van der Waals surface area contributed by atoms with Crippen molar-refractivity contribution in [1.29, 1.82) is 0 Å². The predicted octanol–water partition coefficient (Wildman–Crippen LogP) is 7.41. The van der Waals surface area contributed by atoms with Crippen LogP contribution in [0.25, 0.3) is 0 Å². The van der Waals surface area contributed by atoms with E-state index < -0.39 is 35.5 Å². The van der Waals surface area contributed by atoms with Crippen molar-refractivity contribution in [2.75, 3.05) is 0 Å². The molecule has 4 nitrogen and oxygen atoms in total. The quantitative estimate of drug-likeness (QED) is 0.157. The Morgan fingerprint density at radius 2 is 1.61 bits per heavy atom. The summed E-state index contributed by atoms with van der Waals surface area (Å²) in [5, 5.41) is 40.3. The van der Waals surface area contributed by atoms with Crippen molar-refractivity contribution in [3.8, 4) is 0 Å². The standard InChI is InChI=1S/C32H49F5O4/c1-28(2,40)15-5-8-22(10-7-17-31(41,30(4,33)34)32(35,36)37)26-13-14-27-23(9-6-16-29(26,27)3)12-11-21-18-24(38)20-25(39)19-21/h7,11-12,17,22,24-27,38-41H,5-6,8-10,13-16,18-20H2,1-4H3/b17-7+,23-12+/t22-,24-,25-,26-,27+,29-,31?/m1/s1. The number of fused-ring (bicyclic) bond motifs is 1. The Labute approximate surface area is 241 Å². The molecule has 0 aromatic rings. The number of aliphatic hydroxyl groups excluding tert-OH is 2. The Bertz CT molecular complexity index is 948. The van der Waals surface area contributed by atoms with E-state index in [0.717, 1.165) is 43.8 Å². The maximum Gasteiger partial charge on any atom is 0.426 e. The molecule has 1 unspecified atom stereocenters. The molecule has 0 spiro atoms. The van der Waals surface area contributed by atoms with Crippen molar-refractivity contribution in [1.82, 2.24) is 0 Å². The van der Waals surface area contributed by atoms with Crippen LogP contribution >= 0.6 is 0 Å². The maximum atomic E-state index is 13.9. The zero-order valence-electron chi connectivity index (χ0n) is 24.9. The van der Waals surface area contributed by atoms with Gasteiger partial charge in [-0.3, -0.25) is 0 Å². The molecule has 41 heavy (non-hydrogen) atoms. The second-order valence-corrected chi connectivity index (χ2v) is 13.9. The van der Waals surface area contributed by atoms with E-state index in [2.05, 4.69) is 13.0 Å². The van der Waals surface area contributed by atoms with Crippen molar-refractivity contribution >= 4 is 0 Å². The van der Waals surface area contributed by atoms with E-state index in [-0.39, 0.29) is 42.6 Å². The van der Waals surface area contributed by atoms with Gasteiger partial charge in [0, 0.05) is 6.92 Å². The van der Waals surface area contributed by atoms with Gasteiger partial charge in [-0.25, -0.2) is 8.78 Å². The van der Waals surface area contributed by atoms with Gasteiger partial charge in [-0.2, -0.15) is 13.2 Å². The highest BCUT2D eigenvalue weighted by atomic mass is 19.4. The van der Waals surface area contributed by atoms with E-state index in [1.807, 2.05) is 6.08 Å². The molecule has 3 aliphatic carbocycles. The second-order valence-electron chi connectivity index (χ2n) is 13.9. The van der Waals surface area contributed by atoms with Crippen LogP contribution in [0.4, 0.5) is 22.0 Å². The van der Waals surface area contributed by atoms with Gasteiger partial charge in [0.1, 0.15) is 0 Å². The lowest BCUT2D eigenvalue weighted by Gasteiger charge is -2.45. The van der Waals surface area contributed by atoms with Gasteiger partial charge in [0.15, 0.2) is 0 Å². The molecule has 0 amide bonds. The zero-order valence-corrected chi connectivity index (χ0v) is 24.9. The molecule has 0 heterocycles. The van der Waals surface area contributed by atoms with Crippen LogP contribution in [-0.2, 0) is 0 Å². The number of alkyl halides is 5. The molecule has 0 radical (unpaired) electrons. The van der Waals surface area contributed by atoms with Crippen molar-refractivity contribution < 1.29 is 42.4 Å². The van der Waals surface area contributed by atoms with Crippen molar-refractivity contribution in [2.24, 2.45) is 23.2 Å². The Morgan fingerprint density at radius 3 is 2.17 bits per heavy atom. The SMILES string of the molecule is CC(C)(O)CCC[C@H](C/C=C/C(O)(C(C)(F)F)C(F)(F)F)[C@H]1CC[C@H]2/C(=C/C=C3C[C@@H](O)C[C@H](O)C3)CCC[C@]12C. The molecule has 3 fully saturated rings. The summed E-state index contributed by atoms with van der Waals surface area (Å²) in [4.78, 5) is 0. The number of aliphatic hydroxyl groups is 4. The summed E-state index contributed by atoms with van der Waals surface area (Å²) < 4.78 is 68.3. The fourth-order valence-electron chi connectivity index (χ4n) is 7.77. The summed E-state index contributed by atoms with van der Waals surface area (Å²) >= 11 is 0. The van der Waals surface area contributed by atoms with E-state index >= 15 is 0 Å². The van der Waals surface area contributed by atoms with Crippen LogP contribution in [-0.4, -0.2) is 55.9 Å². The van der Waals surface area contributed by atoms with Crippen LogP contribution in [0.1, 0.15) is 105 Å². The first-order chi connectivity index (χ1) is 18.8. The van der Waals surface area contributed by atoms with E-state index in [1.165, 1.54) is 5.57 Å². The lowest BCUT2D eigenvalue weighted by Crippen LogP contribution is -2.56. The molecule has 0 aromatic carbocycles.